The molecule has 0 atom stereocenters. The molecule has 3 rings (SSSR count). The summed E-state index contributed by atoms with van der Waals surface area (Å²) in [6, 6.07) is 9.11. The second-order valence-electron chi connectivity index (χ2n) is 7.03. The van der Waals surface area contributed by atoms with Gasteiger partial charge >= 0.3 is 0 Å². The number of hydrogen-bond donors (Lipinski definition) is 0. The largest absolute Gasteiger partial charge is 0.247 e. The summed E-state index contributed by atoms with van der Waals surface area (Å²) in [5.74, 6) is 2.47. The molecule has 0 saturated heterocycles. The maximum Gasteiger partial charge on any atom is 0.100 e. The summed E-state index contributed by atoms with van der Waals surface area (Å²) in [4.78, 5) is 0. The average Bonchev–Trinajstić information content (AvgIpc) is 2.49. The van der Waals surface area contributed by atoms with Crippen molar-refractivity contribution >= 4 is 0 Å². The van der Waals surface area contributed by atoms with Crippen LogP contribution in [-0.2, 0) is 0 Å². The van der Waals surface area contributed by atoms with Gasteiger partial charge in [-0.3, -0.25) is 0 Å². The van der Waals surface area contributed by atoms with Gasteiger partial charge in [0.15, 0.2) is 0 Å². The van der Waals surface area contributed by atoms with E-state index in [0.717, 1.165) is 43.4 Å². The lowest BCUT2D eigenvalue weighted by Crippen LogP contribution is -2.25. The molecule has 0 aliphatic heterocycles. The van der Waals surface area contributed by atoms with Crippen LogP contribution in [0, 0.1) is 18.8 Å². The molecule has 0 unspecified atom stereocenters. The molecule has 1 aromatic carbocycles. The number of hydrogen-bond acceptors (Lipinski definition) is 0. The van der Waals surface area contributed by atoms with Gasteiger partial charge in [0.25, 0.3) is 0 Å². The van der Waals surface area contributed by atoms with Crippen LogP contribution in [-0.4, -0.2) is 6.17 Å². The van der Waals surface area contributed by atoms with Gasteiger partial charge in [-0.25, -0.2) is 4.39 Å². The van der Waals surface area contributed by atoms with E-state index < -0.39 is 6.17 Å². The molecular formula is C19H27F. The molecule has 2 aliphatic carbocycles. The van der Waals surface area contributed by atoms with Crippen LogP contribution in [0.4, 0.5) is 4.39 Å². The summed E-state index contributed by atoms with van der Waals surface area (Å²) in [5.41, 5.74) is 2.88. The normalized spacial score (nSPS) is 34.9. The fourth-order valence-corrected chi connectivity index (χ4v) is 4.31. The smallest absolute Gasteiger partial charge is 0.100 e. The average molecular weight is 274 g/mol. The topological polar surface area (TPSA) is 0 Å². The van der Waals surface area contributed by atoms with E-state index in [9.17, 15) is 4.39 Å². The lowest BCUT2D eigenvalue weighted by molar-refractivity contribution is 0.138. The zero-order valence-corrected chi connectivity index (χ0v) is 12.7. The van der Waals surface area contributed by atoms with Crippen molar-refractivity contribution in [2.45, 2.75) is 70.4 Å². The van der Waals surface area contributed by atoms with Crippen LogP contribution in [0.5, 0.6) is 0 Å². The summed E-state index contributed by atoms with van der Waals surface area (Å²) in [6.07, 6.45) is 8.82. The highest BCUT2D eigenvalue weighted by molar-refractivity contribution is 5.24. The molecule has 0 bridgehead atoms. The summed E-state index contributed by atoms with van der Waals surface area (Å²) < 4.78 is 13.2. The predicted octanol–water partition coefficient (Wildman–Crippen LogP) is 5.80. The maximum atomic E-state index is 13.2. The molecule has 110 valence electrons. The van der Waals surface area contributed by atoms with E-state index >= 15 is 0 Å². The van der Waals surface area contributed by atoms with E-state index in [0.29, 0.717) is 0 Å². The van der Waals surface area contributed by atoms with Crippen LogP contribution in [0.1, 0.15) is 68.4 Å². The van der Waals surface area contributed by atoms with Crippen molar-refractivity contribution in [1.29, 1.82) is 0 Å². The molecule has 0 amide bonds. The zero-order valence-electron chi connectivity index (χ0n) is 12.7. The van der Waals surface area contributed by atoms with Gasteiger partial charge in [-0.15, -0.1) is 0 Å². The van der Waals surface area contributed by atoms with Crippen LogP contribution >= 0.6 is 0 Å². The van der Waals surface area contributed by atoms with Gasteiger partial charge in [-0.1, -0.05) is 29.8 Å². The van der Waals surface area contributed by atoms with Gasteiger partial charge in [0, 0.05) is 0 Å². The molecule has 0 N–H and O–H groups in total. The first-order valence-corrected chi connectivity index (χ1v) is 8.43. The minimum absolute atomic E-state index is 0.504. The fourth-order valence-electron chi connectivity index (χ4n) is 4.31. The van der Waals surface area contributed by atoms with E-state index in [2.05, 4.69) is 31.2 Å². The van der Waals surface area contributed by atoms with Gasteiger partial charge in [0.2, 0.25) is 0 Å². The molecule has 2 fully saturated rings. The minimum atomic E-state index is -0.504. The lowest BCUT2D eigenvalue weighted by Gasteiger charge is -2.36. The monoisotopic (exact) mass is 274 g/mol. The second kappa shape index (κ2) is 6.28. The van der Waals surface area contributed by atoms with E-state index in [-0.39, 0.29) is 0 Å². The van der Waals surface area contributed by atoms with Crippen molar-refractivity contribution in [2.24, 2.45) is 11.8 Å². The van der Waals surface area contributed by atoms with Gasteiger partial charge in [0.05, 0.1) is 0 Å². The number of benzene rings is 1. The van der Waals surface area contributed by atoms with Crippen LogP contribution in [0.15, 0.2) is 24.3 Å². The Kier molecular flexibility index (Phi) is 4.43. The van der Waals surface area contributed by atoms with Crippen LogP contribution in [0.25, 0.3) is 0 Å². The van der Waals surface area contributed by atoms with Crippen molar-refractivity contribution < 1.29 is 4.39 Å². The Morgan fingerprint density at radius 3 is 1.80 bits per heavy atom. The Bertz CT molecular complexity index is 406. The molecule has 1 aromatic rings. The Morgan fingerprint density at radius 1 is 0.750 bits per heavy atom. The SMILES string of the molecule is Cc1ccc(C2CCC(C3CCC(F)CC3)CC2)cc1. The van der Waals surface area contributed by atoms with Gasteiger partial charge < -0.3 is 0 Å². The Hall–Kier alpha value is -0.850. The number of halogens is 1. The third-order valence-corrected chi connectivity index (χ3v) is 5.69. The zero-order chi connectivity index (χ0) is 13.9. The van der Waals surface area contributed by atoms with Crippen molar-refractivity contribution in [2.75, 3.05) is 0 Å². The highest BCUT2D eigenvalue weighted by Crippen LogP contribution is 2.43. The van der Waals surface area contributed by atoms with Gasteiger partial charge in [-0.05, 0) is 81.6 Å². The highest BCUT2D eigenvalue weighted by Gasteiger charge is 2.31. The van der Waals surface area contributed by atoms with Crippen molar-refractivity contribution in [3.63, 3.8) is 0 Å². The first-order valence-electron chi connectivity index (χ1n) is 8.43. The molecule has 1 heteroatoms. The molecule has 2 aliphatic rings. The molecule has 0 radical (unpaired) electrons. The molecular weight excluding hydrogens is 247 g/mol. The molecule has 0 nitrogen and oxygen atoms in total. The molecule has 2 saturated carbocycles. The maximum absolute atomic E-state index is 13.2. The first-order chi connectivity index (χ1) is 9.72. The number of aryl methyl sites for hydroxylation is 1. The minimum Gasteiger partial charge on any atom is -0.247 e. The van der Waals surface area contributed by atoms with E-state index in [1.807, 2.05) is 0 Å². The van der Waals surface area contributed by atoms with Gasteiger partial charge in [0.1, 0.15) is 6.17 Å². The van der Waals surface area contributed by atoms with E-state index in [1.54, 1.807) is 0 Å². The van der Waals surface area contributed by atoms with E-state index in [1.165, 1.54) is 36.8 Å². The Labute approximate surface area is 122 Å². The van der Waals surface area contributed by atoms with Gasteiger partial charge in [-0.2, -0.15) is 0 Å². The third-order valence-electron chi connectivity index (χ3n) is 5.69. The van der Waals surface area contributed by atoms with Crippen LogP contribution < -0.4 is 0 Å². The summed E-state index contributed by atoms with van der Waals surface area (Å²) in [6.45, 7) is 2.15. The summed E-state index contributed by atoms with van der Waals surface area (Å²) in [7, 11) is 0. The van der Waals surface area contributed by atoms with Crippen LogP contribution in [0.2, 0.25) is 0 Å². The standard InChI is InChI=1S/C19H27F/c1-14-2-4-15(5-3-14)16-6-8-17(9-7-16)18-10-12-19(20)13-11-18/h2-5,16-19H,6-13H2,1H3. The number of alkyl halides is 1. The molecule has 0 heterocycles. The quantitative estimate of drug-likeness (QED) is 0.639. The Morgan fingerprint density at radius 2 is 1.25 bits per heavy atom. The van der Waals surface area contributed by atoms with Crippen molar-refractivity contribution in [1.82, 2.24) is 0 Å². The fraction of sp³-hybridized carbons (Fsp3) is 0.684. The highest BCUT2D eigenvalue weighted by atomic mass is 19.1. The van der Waals surface area contributed by atoms with Crippen LogP contribution in [0.3, 0.4) is 0 Å². The second-order valence-corrected chi connectivity index (χ2v) is 7.03. The predicted molar refractivity (Wildman–Crippen MR) is 82.7 cm³/mol. The summed E-state index contributed by atoms with van der Waals surface area (Å²) in [5, 5.41) is 0. The molecule has 0 aromatic heterocycles. The van der Waals surface area contributed by atoms with E-state index in [4.69, 9.17) is 0 Å². The first kappa shape index (κ1) is 14.1. The molecule has 0 spiro atoms. The lowest BCUT2D eigenvalue weighted by atomic mass is 9.69. The number of rotatable bonds is 2. The third kappa shape index (κ3) is 3.24. The summed E-state index contributed by atoms with van der Waals surface area (Å²) >= 11 is 0. The van der Waals surface area contributed by atoms with Crippen molar-refractivity contribution in [3.05, 3.63) is 35.4 Å². The molecule has 20 heavy (non-hydrogen) atoms. The van der Waals surface area contributed by atoms with Crippen molar-refractivity contribution in [3.8, 4) is 0 Å². The Balaban J connectivity index is 1.53.